The van der Waals surface area contributed by atoms with Gasteiger partial charge >= 0.3 is 0 Å². The van der Waals surface area contributed by atoms with Crippen LogP contribution in [-0.2, 0) is 11.3 Å². The average Bonchev–Trinajstić information content (AvgIpc) is 3.05. The number of fused-ring (bicyclic) bond motifs is 3. The maximum atomic E-state index is 12.4. The Morgan fingerprint density at radius 1 is 0.857 bits per heavy atom. The molecule has 4 nitrogen and oxygen atoms in total. The molecular weight excluding hydrogens is 370 g/mol. The standard InChI is InChI=1S/C23H20ClN3O/c1-16(17-10-12-18(24)13-11-17)25-26-23(28)14-15-27-21-8-4-2-6-19(21)20-7-3-5-9-22(20)27/h2-13,25H,1,14-15H2,(H,26,28). The van der Waals surface area contributed by atoms with E-state index in [9.17, 15) is 4.79 Å². The van der Waals surface area contributed by atoms with Gasteiger partial charge in [0.15, 0.2) is 0 Å². The number of carbonyl (C=O) groups excluding carboxylic acids is 1. The molecule has 0 radical (unpaired) electrons. The summed E-state index contributed by atoms with van der Waals surface area (Å²) in [6.45, 7) is 4.54. The van der Waals surface area contributed by atoms with Crippen LogP contribution in [0.3, 0.4) is 0 Å². The van der Waals surface area contributed by atoms with Crippen molar-refractivity contribution < 1.29 is 4.79 Å². The predicted octanol–water partition coefficient (Wildman–Crippen LogP) is 5.13. The van der Waals surface area contributed by atoms with E-state index in [1.165, 1.54) is 10.8 Å². The molecule has 1 amide bonds. The van der Waals surface area contributed by atoms with Crippen molar-refractivity contribution in [3.05, 3.63) is 90.0 Å². The lowest BCUT2D eigenvalue weighted by molar-refractivity contribution is -0.121. The Kier molecular flexibility index (Phi) is 5.04. The van der Waals surface area contributed by atoms with Gasteiger partial charge in [-0.05, 0) is 29.8 Å². The first-order valence-corrected chi connectivity index (χ1v) is 9.47. The summed E-state index contributed by atoms with van der Waals surface area (Å²) in [5.41, 5.74) is 9.34. The minimum Gasteiger partial charge on any atom is -0.340 e. The molecular formula is C23H20ClN3O. The lowest BCUT2D eigenvalue weighted by Crippen LogP contribution is -2.36. The molecule has 0 aliphatic carbocycles. The van der Waals surface area contributed by atoms with Crippen molar-refractivity contribution in [2.45, 2.75) is 13.0 Å². The van der Waals surface area contributed by atoms with E-state index in [1.54, 1.807) is 12.1 Å². The number of nitrogens with one attached hydrogen (secondary N) is 2. The van der Waals surface area contributed by atoms with Gasteiger partial charge in [-0.2, -0.15) is 0 Å². The Morgan fingerprint density at radius 3 is 2.04 bits per heavy atom. The van der Waals surface area contributed by atoms with Crippen LogP contribution >= 0.6 is 11.6 Å². The van der Waals surface area contributed by atoms with Crippen LogP contribution in [0.1, 0.15) is 12.0 Å². The van der Waals surface area contributed by atoms with Crippen molar-refractivity contribution in [2.75, 3.05) is 0 Å². The third-order valence-electron chi connectivity index (χ3n) is 4.79. The molecule has 0 unspecified atom stereocenters. The molecule has 4 rings (SSSR count). The smallest absolute Gasteiger partial charge is 0.240 e. The molecule has 2 N–H and O–H groups in total. The largest absolute Gasteiger partial charge is 0.340 e. The number of carbonyl (C=O) groups is 1. The first-order valence-electron chi connectivity index (χ1n) is 9.09. The van der Waals surface area contributed by atoms with Gasteiger partial charge in [-0.3, -0.25) is 15.6 Å². The van der Waals surface area contributed by atoms with Crippen molar-refractivity contribution in [1.82, 2.24) is 15.4 Å². The van der Waals surface area contributed by atoms with Crippen LogP contribution in [0.5, 0.6) is 0 Å². The van der Waals surface area contributed by atoms with Crippen LogP contribution in [-0.4, -0.2) is 10.5 Å². The molecule has 1 heterocycles. The Bertz CT molecular complexity index is 1110. The van der Waals surface area contributed by atoms with E-state index in [0.29, 0.717) is 23.7 Å². The number of para-hydroxylation sites is 2. The molecule has 1 aromatic heterocycles. The van der Waals surface area contributed by atoms with Crippen LogP contribution in [0.4, 0.5) is 0 Å². The number of hydrogen-bond acceptors (Lipinski definition) is 2. The Morgan fingerprint density at radius 2 is 1.43 bits per heavy atom. The summed E-state index contributed by atoms with van der Waals surface area (Å²) in [6.07, 6.45) is 0.351. The third kappa shape index (κ3) is 3.59. The van der Waals surface area contributed by atoms with Gasteiger partial charge in [-0.1, -0.05) is 66.7 Å². The van der Waals surface area contributed by atoms with Gasteiger partial charge in [0, 0.05) is 39.8 Å². The highest BCUT2D eigenvalue weighted by Gasteiger charge is 2.11. The van der Waals surface area contributed by atoms with Crippen molar-refractivity contribution in [2.24, 2.45) is 0 Å². The fourth-order valence-corrected chi connectivity index (χ4v) is 3.51. The second-order valence-corrected chi connectivity index (χ2v) is 7.03. The molecule has 0 spiro atoms. The first-order chi connectivity index (χ1) is 13.6. The molecule has 0 atom stereocenters. The normalized spacial score (nSPS) is 10.9. The topological polar surface area (TPSA) is 46.1 Å². The van der Waals surface area contributed by atoms with Crippen molar-refractivity contribution in [3.8, 4) is 0 Å². The fraction of sp³-hybridized carbons (Fsp3) is 0.0870. The molecule has 0 saturated carbocycles. The summed E-state index contributed by atoms with van der Waals surface area (Å²) in [5.74, 6) is -0.100. The highest BCUT2D eigenvalue weighted by Crippen LogP contribution is 2.28. The minimum absolute atomic E-state index is 0.100. The molecule has 0 aliphatic rings. The van der Waals surface area contributed by atoms with E-state index in [1.807, 2.05) is 36.4 Å². The number of rotatable bonds is 6. The SMILES string of the molecule is C=C(NNC(=O)CCn1c2ccccc2c2ccccc21)c1ccc(Cl)cc1. The van der Waals surface area contributed by atoms with Crippen molar-refractivity contribution in [1.29, 1.82) is 0 Å². The van der Waals surface area contributed by atoms with Crippen LogP contribution in [0, 0.1) is 0 Å². The van der Waals surface area contributed by atoms with Gasteiger partial charge in [0.2, 0.25) is 5.91 Å². The number of hydrogen-bond donors (Lipinski definition) is 2. The fourth-order valence-electron chi connectivity index (χ4n) is 3.39. The second kappa shape index (κ2) is 7.79. The maximum Gasteiger partial charge on any atom is 0.240 e. The molecule has 0 saturated heterocycles. The number of benzene rings is 3. The van der Waals surface area contributed by atoms with Gasteiger partial charge in [0.05, 0.1) is 5.70 Å². The van der Waals surface area contributed by atoms with E-state index >= 15 is 0 Å². The van der Waals surface area contributed by atoms with E-state index in [0.717, 1.165) is 16.6 Å². The number of amides is 1. The first kappa shape index (κ1) is 18.1. The Hall–Kier alpha value is -3.24. The lowest BCUT2D eigenvalue weighted by Gasteiger charge is -2.12. The maximum absolute atomic E-state index is 12.4. The lowest BCUT2D eigenvalue weighted by atomic mass is 10.2. The zero-order chi connectivity index (χ0) is 19.5. The summed E-state index contributed by atoms with van der Waals surface area (Å²) in [7, 11) is 0. The molecule has 5 heteroatoms. The quantitative estimate of drug-likeness (QED) is 0.449. The van der Waals surface area contributed by atoms with Crippen molar-refractivity contribution in [3.63, 3.8) is 0 Å². The Balaban J connectivity index is 1.43. The van der Waals surface area contributed by atoms with Gasteiger partial charge in [-0.15, -0.1) is 0 Å². The summed E-state index contributed by atoms with van der Waals surface area (Å²) in [5, 5.41) is 3.06. The summed E-state index contributed by atoms with van der Waals surface area (Å²) >= 11 is 5.89. The van der Waals surface area contributed by atoms with E-state index in [4.69, 9.17) is 11.6 Å². The molecule has 0 fully saturated rings. The molecule has 4 aromatic rings. The molecule has 3 aromatic carbocycles. The van der Waals surface area contributed by atoms with Gasteiger partial charge < -0.3 is 4.57 Å². The van der Waals surface area contributed by atoms with E-state index < -0.39 is 0 Å². The highest BCUT2D eigenvalue weighted by molar-refractivity contribution is 6.30. The van der Waals surface area contributed by atoms with Crippen LogP contribution in [0.25, 0.3) is 27.5 Å². The van der Waals surface area contributed by atoms with E-state index in [2.05, 4.69) is 46.3 Å². The van der Waals surface area contributed by atoms with Crippen molar-refractivity contribution >= 4 is 45.0 Å². The zero-order valence-electron chi connectivity index (χ0n) is 15.3. The average molecular weight is 390 g/mol. The summed E-state index contributed by atoms with van der Waals surface area (Å²) in [6, 6.07) is 23.8. The molecule has 0 bridgehead atoms. The molecule has 0 aliphatic heterocycles. The Labute approximate surface area is 168 Å². The van der Waals surface area contributed by atoms with E-state index in [-0.39, 0.29) is 5.91 Å². The monoisotopic (exact) mass is 389 g/mol. The number of aromatic nitrogens is 1. The highest BCUT2D eigenvalue weighted by atomic mass is 35.5. The third-order valence-corrected chi connectivity index (χ3v) is 5.04. The molecule has 140 valence electrons. The number of aryl methyl sites for hydroxylation is 1. The van der Waals surface area contributed by atoms with Crippen LogP contribution < -0.4 is 10.9 Å². The zero-order valence-corrected chi connectivity index (χ0v) is 16.0. The second-order valence-electron chi connectivity index (χ2n) is 6.59. The van der Waals surface area contributed by atoms with Gasteiger partial charge in [0.25, 0.3) is 0 Å². The number of hydrazine groups is 1. The minimum atomic E-state index is -0.100. The van der Waals surface area contributed by atoms with Gasteiger partial charge in [-0.25, -0.2) is 0 Å². The summed E-state index contributed by atoms with van der Waals surface area (Å²) in [4.78, 5) is 12.4. The predicted molar refractivity (Wildman–Crippen MR) is 116 cm³/mol. The summed E-state index contributed by atoms with van der Waals surface area (Å²) < 4.78 is 2.19. The number of halogens is 1. The molecule has 28 heavy (non-hydrogen) atoms. The van der Waals surface area contributed by atoms with Crippen LogP contribution in [0.2, 0.25) is 5.02 Å². The van der Waals surface area contributed by atoms with Gasteiger partial charge in [0.1, 0.15) is 0 Å². The van der Waals surface area contributed by atoms with Crippen LogP contribution in [0.15, 0.2) is 79.4 Å². The number of nitrogens with zero attached hydrogens (tertiary/aromatic N) is 1.